The minimum Gasteiger partial charge on any atom is -0.497 e. The number of halogens is 2. The first kappa shape index (κ1) is 16.9. The molecule has 1 saturated heterocycles. The van der Waals surface area contributed by atoms with E-state index in [1.54, 1.807) is 36.3 Å². The summed E-state index contributed by atoms with van der Waals surface area (Å²) in [4.78, 5) is 25.9. The van der Waals surface area contributed by atoms with Crippen LogP contribution >= 0.6 is 0 Å². The topological polar surface area (TPSA) is 58.6 Å². The quantitative estimate of drug-likeness (QED) is 0.925. The lowest BCUT2D eigenvalue weighted by Gasteiger charge is -2.17. The number of ether oxygens (including phenoxy) is 1. The molecule has 1 fully saturated rings. The lowest BCUT2D eigenvalue weighted by Crippen LogP contribution is -2.37. The molecule has 0 aliphatic carbocycles. The van der Waals surface area contributed by atoms with Crippen molar-refractivity contribution in [2.24, 2.45) is 0 Å². The third-order valence-electron chi connectivity index (χ3n) is 4.03. The lowest BCUT2D eigenvalue weighted by molar-refractivity contribution is -0.117. The fourth-order valence-corrected chi connectivity index (χ4v) is 2.72. The van der Waals surface area contributed by atoms with Gasteiger partial charge in [-0.3, -0.25) is 9.59 Å². The SMILES string of the molecule is COc1ccc(N2CC(NC(=O)c3ccc(F)c(F)c3)CC2=O)cc1. The fourth-order valence-electron chi connectivity index (χ4n) is 2.72. The molecule has 2 amide bonds. The number of amides is 2. The minimum atomic E-state index is -1.09. The van der Waals surface area contributed by atoms with Crippen molar-refractivity contribution < 1.29 is 23.1 Å². The van der Waals surface area contributed by atoms with Gasteiger partial charge in [0.1, 0.15) is 5.75 Å². The minimum absolute atomic E-state index is 0.00856. The van der Waals surface area contributed by atoms with E-state index in [0.717, 1.165) is 12.1 Å². The van der Waals surface area contributed by atoms with Crippen molar-refractivity contribution in [2.45, 2.75) is 12.5 Å². The van der Waals surface area contributed by atoms with Gasteiger partial charge in [0.2, 0.25) is 5.91 Å². The number of nitrogens with zero attached hydrogens (tertiary/aromatic N) is 1. The smallest absolute Gasteiger partial charge is 0.251 e. The summed E-state index contributed by atoms with van der Waals surface area (Å²) in [5.41, 5.74) is 0.713. The maximum Gasteiger partial charge on any atom is 0.251 e. The normalized spacial score (nSPS) is 16.8. The summed E-state index contributed by atoms with van der Waals surface area (Å²) in [6.45, 7) is 0.306. The zero-order valence-corrected chi connectivity index (χ0v) is 13.5. The van der Waals surface area contributed by atoms with Gasteiger partial charge in [-0.15, -0.1) is 0 Å². The molecule has 1 unspecified atom stereocenters. The Balaban J connectivity index is 1.67. The molecule has 0 aromatic heterocycles. The molecule has 5 nitrogen and oxygen atoms in total. The van der Waals surface area contributed by atoms with E-state index < -0.39 is 23.6 Å². The van der Waals surface area contributed by atoms with Gasteiger partial charge in [0.25, 0.3) is 5.91 Å². The molecule has 3 rings (SSSR count). The fraction of sp³-hybridized carbons (Fsp3) is 0.222. The van der Waals surface area contributed by atoms with Gasteiger partial charge >= 0.3 is 0 Å². The molecule has 1 atom stereocenters. The average Bonchev–Trinajstić information content (AvgIpc) is 2.97. The van der Waals surface area contributed by atoms with Crippen molar-refractivity contribution in [1.29, 1.82) is 0 Å². The second-order valence-corrected chi connectivity index (χ2v) is 5.71. The van der Waals surface area contributed by atoms with E-state index in [0.29, 0.717) is 18.0 Å². The number of benzene rings is 2. The largest absolute Gasteiger partial charge is 0.497 e. The van der Waals surface area contributed by atoms with Crippen LogP contribution in [0.3, 0.4) is 0 Å². The van der Waals surface area contributed by atoms with E-state index in [-0.39, 0.29) is 17.9 Å². The zero-order chi connectivity index (χ0) is 18.0. The van der Waals surface area contributed by atoms with Crippen molar-refractivity contribution in [1.82, 2.24) is 5.32 Å². The predicted molar refractivity (Wildman–Crippen MR) is 87.6 cm³/mol. The third-order valence-corrected chi connectivity index (χ3v) is 4.03. The van der Waals surface area contributed by atoms with Crippen LogP contribution in [0.25, 0.3) is 0 Å². The van der Waals surface area contributed by atoms with Crippen LogP contribution in [0.5, 0.6) is 5.75 Å². The van der Waals surface area contributed by atoms with Gasteiger partial charge < -0.3 is 15.0 Å². The molecule has 0 bridgehead atoms. The molecule has 2 aromatic carbocycles. The van der Waals surface area contributed by atoms with Gasteiger partial charge in [0.15, 0.2) is 11.6 Å². The van der Waals surface area contributed by atoms with Crippen LogP contribution < -0.4 is 15.0 Å². The van der Waals surface area contributed by atoms with Crippen LogP contribution in [-0.4, -0.2) is 31.5 Å². The van der Waals surface area contributed by atoms with Crippen molar-refractivity contribution in [3.8, 4) is 5.75 Å². The molecule has 2 aromatic rings. The summed E-state index contributed by atoms with van der Waals surface area (Å²) >= 11 is 0. The number of hydrogen-bond donors (Lipinski definition) is 1. The lowest BCUT2D eigenvalue weighted by atomic mass is 10.1. The predicted octanol–water partition coefficient (Wildman–Crippen LogP) is 2.51. The molecule has 0 radical (unpaired) electrons. The van der Waals surface area contributed by atoms with Crippen molar-refractivity contribution in [3.63, 3.8) is 0 Å². The first-order valence-electron chi connectivity index (χ1n) is 7.68. The highest BCUT2D eigenvalue weighted by molar-refractivity contribution is 5.99. The van der Waals surface area contributed by atoms with E-state index >= 15 is 0 Å². The first-order chi connectivity index (χ1) is 12.0. The highest BCUT2D eigenvalue weighted by atomic mass is 19.2. The van der Waals surface area contributed by atoms with Crippen molar-refractivity contribution in [2.75, 3.05) is 18.6 Å². The maximum atomic E-state index is 13.2. The highest BCUT2D eigenvalue weighted by Gasteiger charge is 2.31. The summed E-state index contributed by atoms with van der Waals surface area (Å²) in [5.74, 6) is -2.10. The van der Waals surface area contributed by atoms with E-state index in [4.69, 9.17) is 4.74 Å². The van der Waals surface area contributed by atoms with Crippen LogP contribution in [0.1, 0.15) is 16.8 Å². The molecule has 130 valence electrons. The summed E-state index contributed by atoms with van der Waals surface area (Å²) in [6, 6.07) is 9.54. The number of anilines is 1. The molecule has 7 heteroatoms. The van der Waals surface area contributed by atoms with Crippen molar-refractivity contribution in [3.05, 3.63) is 59.7 Å². The van der Waals surface area contributed by atoms with Gasteiger partial charge in [0.05, 0.1) is 13.2 Å². The maximum absolute atomic E-state index is 13.2. The molecule has 1 N–H and O–H groups in total. The molecule has 1 aliphatic rings. The van der Waals surface area contributed by atoms with Gasteiger partial charge in [0, 0.05) is 24.2 Å². The Morgan fingerprint density at radius 3 is 2.52 bits per heavy atom. The Labute approximate surface area is 143 Å². The van der Waals surface area contributed by atoms with E-state index in [9.17, 15) is 18.4 Å². The van der Waals surface area contributed by atoms with Crippen LogP contribution in [0.15, 0.2) is 42.5 Å². The van der Waals surface area contributed by atoms with Gasteiger partial charge in [-0.05, 0) is 42.5 Å². The summed E-state index contributed by atoms with van der Waals surface area (Å²) in [6.07, 6.45) is 0.140. The number of nitrogens with one attached hydrogen (secondary N) is 1. The Hall–Kier alpha value is -2.96. The molecule has 0 saturated carbocycles. The monoisotopic (exact) mass is 346 g/mol. The molecular formula is C18H16F2N2O3. The van der Waals surface area contributed by atoms with E-state index in [2.05, 4.69) is 5.32 Å². The van der Waals surface area contributed by atoms with Gasteiger partial charge in [-0.25, -0.2) is 8.78 Å². The number of methoxy groups -OCH3 is 1. The van der Waals surface area contributed by atoms with E-state index in [1.165, 1.54) is 6.07 Å². The molecule has 1 heterocycles. The van der Waals surface area contributed by atoms with Crippen LogP contribution in [0, 0.1) is 11.6 Å². The Kier molecular flexibility index (Phi) is 4.65. The number of hydrogen-bond acceptors (Lipinski definition) is 3. The molecular weight excluding hydrogens is 330 g/mol. The Bertz CT molecular complexity index is 808. The zero-order valence-electron chi connectivity index (χ0n) is 13.5. The van der Waals surface area contributed by atoms with Crippen LogP contribution in [0.4, 0.5) is 14.5 Å². The number of rotatable bonds is 4. The summed E-state index contributed by atoms with van der Waals surface area (Å²) in [7, 11) is 1.56. The average molecular weight is 346 g/mol. The summed E-state index contributed by atoms with van der Waals surface area (Å²) in [5, 5.41) is 2.68. The second kappa shape index (κ2) is 6.88. The highest BCUT2D eigenvalue weighted by Crippen LogP contribution is 2.24. The van der Waals surface area contributed by atoms with Crippen LogP contribution in [-0.2, 0) is 4.79 Å². The number of carbonyl (C=O) groups is 2. The van der Waals surface area contributed by atoms with Gasteiger partial charge in [-0.2, -0.15) is 0 Å². The van der Waals surface area contributed by atoms with Crippen LogP contribution in [0.2, 0.25) is 0 Å². The summed E-state index contributed by atoms with van der Waals surface area (Å²) < 4.78 is 31.3. The first-order valence-corrected chi connectivity index (χ1v) is 7.68. The second-order valence-electron chi connectivity index (χ2n) is 5.71. The standard InChI is InChI=1S/C18H16F2N2O3/c1-25-14-5-3-13(4-6-14)22-10-12(9-17(22)23)21-18(24)11-2-7-15(19)16(20)8-11/h2-8,12H,9-10H2,1H3,(H,21,24). The molecule has 25 heavy (non-hydrogen) atoms. The van der Waals surface area contributed by atoms with E-state index in [1.807, 2.05) is 0 Å². The number of carbonyl (C=O) groups excluding carboxylic acids is 2. The molecule has 0 spiro atoms. The van der Waals surface area contributed by atoms with Gasteiger partial charge in [-0.1, -0.05) is 0 Å². The third kappa shape index (κ3) is 3.60. The Morgan fingerprint density at radius 1 is 1.16 bits per heavy atom. The molecule has 1 aliphatic heterocycles. The van der Waals surface area contributed by atoms with Crippen molar-refractivity contribution >= 4 is 17.5 Å². The Morgan fingerprint density at radius 2 is 1.88 bits per heavy atom.